The fourth-order valence-electron chi connectivity index (χ4n) is 3.02. The fourth-order valence-corrected chi connectivity index (χ4v) is 3.25. The molecule has 0 unspecified atom stereocenters. The minimum atomic E-state index is 0.385. The van der Waals surface area contributed by atoms with Crippen molar-refractivity contribution in [2.75, 3.05) is 33.9 Å². The number of rotatable bonds is 8. The van der Waals surface area contributed by atoms with Crippen LogP contribution in [-0.4, -0.2) is 39.8 Å². The average molecular weight is 338 g/mol. The van der Waals surface area contributed by atoms with Gasteiger partial charge in [0.25, 0.3) is 0 Å². The fraction of sp³-hybridized carbons (Fsp3) is 0.611. The van der Waals surface area contributed by atoms with Crippen LogP contribution in [0.4, 0.5) is 0 Å². The van der Waals surface area contributed by atoms with Gasteiger partial charge in [0, 0.05) is 38.9 Å². The lowest BCUT2D eigenvalue weighted by atomic mass is 9.67. The number of nitrogens with zero attached hydrogens (tertiary/aromatic N) is 1. The monoisotopic (exact) mass is 337 g/mol. The summed E-state index contributed by atoms with van der Waals surface area (Å²) in [6.45, 7) is 2.61. The number of methoxy groups -OCH3 is 1. The third-order valence-electron chi connectivity index (χ3n) is 4.75. The molecular weight excluding hydrogens is 310 g/mol. The maximum absolute atomic E-state index is 6.18. The Morgan fingerprint density at radius 2 is 2.09 bits per heavy atom. The third-order valence-corrected chi connectivity index (χ3v) is 5.12. The summed E-state index contributed by atoms with van der Waals surface area (Å²) in [4.78, 5) is 4.31. The van der Waals surface area contributed by atoms with Crippen molar-refractivity contribution in [3.63, 3.8) is 0 Å². The van der Waals surface area contributed by atoms with Crippen LogP contribution < -0.4 is 10.6 Å². The summed E-state index contributed by atoms with van der Waals surface area (Å²) in [5, 5.41) is 7.67. The van der Waals surface area contributed by atoms with Crippen molar-refractivity contribution in [3.8, 4) is 0 Å². The molecule has 128 valence electrons. The lowest BCUT2D eigenvalue weighted by Gasteiger charge is -2.42. The average Bonchev–Trinajstić information content (AvgIpc) is 2.53. The molecule has 0 saturated heterocycles. The first kappa shape index (κ1) is 18.1. The molecule has 0 atom stereocenters. The van der Waals surface area contributed by atoms with E-state index in [1.807, 2.05) is 25.2 Å². The van der Waals surface area contributed by atoms with Crippen LogP contribution in [0.1, 0.15) is 31.2 Å². The van der Waals surface area contributed by atoms with E-state index in [9.17, 15) is 0 Å². The Morgan fingerprint density at radius 1 is 1.30 bits per heavy atom. The second-order valence-corrected chi connectivity index (χ2v) is 6.70. The molecule has 1 aliphatic rings. The van der Waals surface area contributed by atoms with Gasteiger partial charge in [0.1, 0.15) is 0 Å². The Bertz CT molecular complexity index is 515. The quantitative estimate of drug-likeness (QED) is 0.565. The third kappa shape index (κ3) is 5.40. The molecule has 1 aliphatic carbocycles. The molecule has 0 bridgehead atoms. The Labute approximate surface area is 144 Å². The van der Waals surface area contributed by atoms with E-state index in [0.717, 1.165) is 49.1 Å². The maximum atomic E-state index is 6.18. The zero-order chi connectivity index (χ0) is 16.5. The SMILES string of the molecule is CN=C(NCCc1ccccc1Cl)NCC1(CCOC)CCC1. The van der Waals surface area contributed by atoms with E-state index in [1.54, 1.807) is 7.11 Å². The standard InChI is InChI=1S/C18H28ClN3O/c1-20-17(21-12-8-15-6-3-4-7-16(15)19)22-14-18(9-5-10-18)11-13-23-2/h3-4,6-7H,5,8-14H2,1-2H3,(H2,20,21,22). The molecule has 1 aromatic carbocycles. The summed E-state index contributed by atoms with van der Waals surface area (Å²) < 4.78 is 5.25. The summed E-state index contributed by atoms with van der Waals surface area (Å²) in [5.41, 5.74) is 1.55. The van der Waals surface area contributed by atoms with Crippen LogP contribution in [-0.2, 0) is 11.2 Å². The van der Waals surface area contributed by atoms with E-state index in [-0.39, 0.29) is 0 Å². The van der Waals surface area contributed by atoms with E-state index < -0.39 is 0 Å². The van der Waals surface area contributed by atoms with Crippen molar-refractivity contribution in [1.82, 2.24) is 10.6 Å². The molecule has 0 aliphatic heterocycles. The lowest BCUT2D eigenvalue weighted by Crippen LogP contribution is -2.47. The van der Waals surface area contributed by atoms with Gasteiger partial charge in [-0.15, -0.1) is 0 Å². The molecule has 1 aromatic rings. The Balaban J connectivity index is 1.74. The van der Waals surface area contributed by atoms with Crippen LogP contribution in [0.15, 0.2) is 29.3 Å². The molecule has 0 heterocycles. The highest BCUT2D eigenvalue weighted by molar-refractivity contribution is 6.31. The summed E-state index contributed by atoms with van der Waals surface area (Å²) in [5.74, 6) is 0.862. The van der Waals surface area contributed by atoms with Crippen molar-refractivity contribution in [2.24, 2.45) is 10.4 Å². The normalized spacial score (nSPS) is 16.7. The van der Waals surface area contributed by atoms with Crippen LogP contribution in [0.2, 0.25) is 5.02 Å². The first-order chi connectivity index (χ1) is 11.2. The maximum Gasteiger partial charge on any atom is 0.191 e. The van der Waals surface area contributed by atoms with Gasteiger partial charge >= 0.3 is 0 Å². The first-order valence-electron chi connectivity index (χ1n) is 8.36. The summed E-state index contributed by atoms with van der Waals surface area (Å²) in [6, 6.07) is 7.97. The lowest BCUT2D eigenvalue weighted by molar-refractivity contribution is 0.0732. The van der Waals surface area contributed by atoms with Crippen molar-refractivity contribution >= 4 is 17.6 Å². The van der Waals surface area contributed by atoms with Gasteiger partial charge in [-0.2, -0.15) is 0 Å². The number of hydrogen-bond donors (Lipinski definition) is 2. The molecule has 23 heavy (non-hydrogen) atoms. The zero-order valence-corrected chi connectivity index (χ0v) is 15.0. The van der Waals surface area contributed by atoms with Crippen molar-refractivity contribution < 1.29 is 4.74 Å². The Kier molecular flexibility index (Phi) is 7.18. The predicted molar refractivity (Wildman–Crippen MR) is 97.3 cm³/mol. The van der Waals surface area contributed by atoms with Gasteiger partial charge in [0.2, 0.25) is 0 Å². The number of aliphatic imine (C=N–C) groups is 1. The molecule has 2 rings (SSSR count). The molecule has 1 saturated carbocycles. The number of halogens is 1. The molecule has 0 amide bonds. The number of ether oxygens (including phenoxy) is 1. The minimum Gasteiger partial charge on any atom is -0.385 e. The van der Waals surface area contributed by atoms with Crippen molar-refractivity contribution in [3.05, 3.63) is 34.9 Å². The van der Waals surface area contributed by atoms with E-state index in [1.165, 1.54) is 19.3 Å². The van der Waals surface area contributed by atoms with Crippen LogP contribution in [0, 0.1) is 5.41 Å². The molecule has 1 fully saturated rings. The zero-order valence-electron chi connectivity index (χ0n) is 14.2. The van der Waals surface area contributed by atoms with E-state index in [4.69, 9.17) is 16.3 Å². The van der Waals surface area contributed by atoms with Crippen molar-refractivity contribution in [1.29, 1.82) is 0 Å². The molecule has 0 spiro atoms. The van der Waals surface area contributed by atoms with Gasteiger partial charge < -0.3 is 15.4 Å². The van der Waals surface area contributed by atoms with Gasteiger partial charge in [-0.25, -0.2) is 0 Å². The van der Waals surface area contributed by atoms with Crippen LogP contribution >= 0.6 is 11.6 Å². The summed E-state index contributed by atoms with van der Waals surface area (Å²) >= 11 is 6.18. The summed E-state index contributed by atoms with van der Waals surface area (Å²) in [7, 11) is 3.59. The number of hydrogen-bond acceptors (Lipinski definition) is 2. The molecule has 0 radical (unpaired) electrons. The first-order valence-corrected chi connectivity index (χ1v) is 8.74. The number of benzene rings is 1. The second kappa shape index (κ2) is 9.14. The largest absolute Gasteiger partial charge is 0.385 e. The highest BCUT2D eigenvalue weighted by Gasteiger charge is 2.36. The highest BCUT2D eigenvalue weighted by atomic mass is 35.5. The van der Waals surface area contributed by atoms with Gasteiger partial charge in [-0.1, -0.05) is 36.2 Å². The predicted octanol–water partition coefficient (Wildman–Crippen LogP) is 3.25. The number of nitrogens with one attached hydrogen (secondary N) is 2. The Hall–Kier alpha value is -1.26. The van der Waals surface area contributed by atoms with Gasteiger partial charge in [-0.05, 0) is 42.7 Å². The topological polar surface area (TPSA) is 45.7 Å². The molecule has 0 aromatic heterocycles. The number of guanidine groups is 1. The molecule has 2 N–H and O–H groups in total. The smallest absolute Gasteiger partial charge is 0.191 e. The molecular formula is C18H28ClN3O. The van der Waals surface area contributed by atoms with E-state index in [2.05, 4.69) is 21.7 Å². The van der Waals surface area contributed by atoms with Gasteiger partial charge in [-0.3, -0.25) is 4.99 Å². The van der Waals surface area contributed by atoms with E-state index >= 15 is 0 Å². The highest BCUT2D eigenvalue weighted by Crippen LogP contribution is 2.43. The van der Waals surface area contributed by atoms with Crippen LogP contribution in [0.25, 0.3) is 0 Å². The molecule has 4 nitrogen and oxygen atoms in total. The van der Waals surface area contributed by atoms with Crippen LogP contribution in [0.3, 0.4) is 0 Å². The van der Waals surface area contributed by atoms with Crippen molar-refractivity contribution in [2.45, 2.75) is 32.1 Å². The van der Waals surface area contributed by atoms with Gasteiger partial charge in [0.15, 0.2) is 5.96 Å². The van der Waals surface area contributed by atoms with Crippen LogP contribution in [0.5, 0.6) is 0 Å². The minimum absolute atomic E-state index is 0.385. The van der Waals surface area contributed by atoms with Gasteiger partial charge in [0.05, 0.1) is 0 Å². The Morgan fingerprint density at radius 3 is 2.70 bits per heavy atom. The molecule has 5 heteroatoms. The van der Waals surface area contributed by atoms with E-state index in [0.29, 0.717) is 5.41 Å². The second-order valence-electron chi connectivity index (χ2n) is 6.29. The summed E-state index contributed by atoms with van der Waals surface area (Å²) in [6.07, 6.45) is 5.88.